The molecule has 0 saturated carbocycles. The molecule has 1 atom stereocenters. The van der Waals surface area contributed by atoms with Crippen molar-refractivity contribution in [3.8, 4) is 0 Å². The molecule has 3 amide bonds. The van der Waals surface area contributed by atoms with Crippen LogP contribution in [0.2, 0.25) is 0 Å². The third-order valence-electron chi connectivity index (χ3n) is 4.60. The number of hydrogen-bond acceptors (Lipinski definition) is 4. The molecule has 8 nitrogen and oxygen atoms in total. The molecule has 0 bridgehead atoms. The second-order valence-electron chi connectivity index (χ2n) is 6.36. The van der Waals surface area contributed by atoms with E-state index in [1.807, 2.05) is 29.1 Å². The molecule has 2 saturated heterocycles. The van der Waals surface area contributed by atoms with Crippen molar-refractivity contribution in [3.63, 3.8) is 0 Å². The number of nitrogens with zero attached hydrogens (tertiary/aromatic N) is 3. The lowest BCUT2D eigenvalue weighted by atomic mass is 10.1. The molecule has 3 heterocycles. The van der Waals surface area contributed by atoms with Crippen LogP contribution in [0.1, 0.15) is 12.8 Å². The van der Waals surface area contributed by atoms with Crippen molar-refractivity contribution < 1.29 is 19.1 Å². The fourth-order valence-electron chi connectivity index (χ4n) is 3.22. The minimum absolute atomic E-state index is 0.0335. The van der Waals surface area contributed by atoms with Crippen LogP contribution in [0.25, 0.3) is 0 Å². The monoisotopic (exact) mass is 348 g/mol. The Hall–Kier alpha value is -2.35. The first kappa shape index (κ1) is 17.5. The molecule has 0 aromatic carbocycles. The fraction of sp³-hybridized carbons (Fsp3) is 0.588. The lowest BCUT2D eigenvalue weighted by molar-refractivity contribution is -0.146. The Kier molecular flexibility index (Phi) is 5.70. The molecule has 0 radical (unpaired) electrons. The zero-order chi connectivity index (χ0) is 17.6. The zero-order valence-electron chi connectivity index (χ0n) is 14.2. The first-order chi connectivity index (χ1) is 12.1. The molecule has 8 heteroatoms. The lowest BCUT2D eigenvalue weighted by Crippen LogP contribution is -2.54. The predicted octanol–water partition coefficient (Wildman–Crippen LogP) is -0.546. The van der Waals surface area contributed by atoms with Gasteiger partial charge in [0.15, 0.2) is 0 Å². The Morgan fingerprint density at radius 2 is 2.00 bits per heavy atom. The van der Waals surface area contributed by atoms with Crippen molar-refractivity contribution in [2.75, 3.05) is 39.4 Å². The van der Waals surface area contributed by atoms with Crippen molar-refractivity contribution in [1.82, 2.24) is 19.7 Å². The summed E-state index contributed by atoms with van der Waals surface area (Å²) < 4.78 is 7.44. The summed E-state index contributed by atoms with van der Waals surface area (Å²) in [5.74, 6) is -0.209. The van der Waals surface area contributed by atoms with E-state index in [0.717, 1.165) is 0 Å². The van der Waals surface area contributed by atoms with Gasteiger partial charge in [-0.1, -0.05) is 0 Å². The third-order valence-corrected chi connectivity index (χ3v) is 4.60. The van der Waals surface area contributed by atoms with Gasteiger partial charge in [-0.15, -0.1) is 0 Å². The van der Waals surface area contributed by atoms with Crippen molar-refractivity contribution in [1.29, 1.82) is 0 Å². The average molecular weight is 348 g/mol. The van der Waals surface area contributed by atoms with Crippen molar-refractivity contribution >= 4 is 17.7 Å². The molecule has 1 aromatic rings. The van der Waals surface area contributed by atoms with Gasteiger partial charge in [0, 0.05) is 51.4 Å². The number of aromatic nitrogens is 1. The molecule has 0 aliphatic carbocycles. The Morgan fingerprint density at radius 3 is 2.76 bits per heavy atom. The summed E-state index contributed by atoms with van der Waals surface area (Å²) >= 11 is 0. The smallest absolute Gasteiger partial charge is 0.239 e. The highest BCUT2D eigenvalue weighted by Gasteiger charge is 2.31. The van der Waals surface area contributed by atoms with Gasteiger partial charge in [-0.25, -0.2) is 0 Å². The largest absolute Gasteiger partial charge is 0.377 e. The molecule has 1 aromatic heterocycles. The van der Waals surface area contributed by atoms with E-state index in [9.17, 15) is 14.4 Å². The number of aryl methyl sites for hydroxylation is 1. The van der Waals surface area contributed by atoms with Crippen molar-refractivity contribution in [2.24, 2.45) is 0 Å². The highest BCUT2D eigenvalue weighted by Crippen LogP contribution is 2.14. The number of ether oxygens (including phenoxy) is 1. The van der Waals surface area contributed by atoms with E-state index in [0.29, 0.717) is 45.8 Å². The van der Waals surface area contributed by atoms with E-state index < -0.39 is 0 Å². The van der Waals surface area contributed by atoms with Gasteiger partial charge in [0.25, 0.3) is 0 Å². The number of piperazine rings is 1. The third kappa shape index (κ3) is 4.60. The maximum atomic E-state index is 12.6. The Morgan fingerprint density at radius 1 is 1.20 bits per heavy atom. The van der Waals surface area contributed by atoms with Gasteiger partial charge >= 0.3 is 0 Å². The van der Waals surface area contributed by atoms with Gasteiger partial charge in [-0.05, 0) is 12.1 Å². The van der Waals surface area contributed by atoms with E-state index in [1.165, 1.54) is 0 Å². The number of rotatable bonds is 5. The maximum absolute atomic E-state index is 12.6. The fourth-order valence-corrected chi connectivity index (χ4v) is 3.22. The number of morpholine rings is 1. The van der Waals surface area contributed by atoms with Crippen LogP contribution in [-0.4, -0.2) is 77.5 Å². The SMILES string of the molecule is O=C1CN(C(=O)CC2COCCN2C(=O)CCn2cccc2)CCN1. The van der Waals surface area contributed by atoms with Crippen LogP contribution in [0.15, 0.2) is 24.5 Å². The first-order valence-electron chi connectivity index (χ1n) is 8.66. The van der Waals surface area contributed by atoms with Crippen LogP contribution in [0.4, 0.5) is 0 Å². The van der Waals surface area contributed by atoms with Gasteiger partial charge in [0.2, 0.25) is 17.7 Å². The van der Waals surface area contributed by atoms with Crippen molar-refractivity contribution in [2.45, 2.75) is 25.4 Å². The van der Waals surface area contributed by atoms with Gasteiger partial charge in [-0.3, -0.25) is 14.4 Å². The summed E-state index contributed by atoms with van der Waals surface area (Å²) in [6.07, 6.45) is 4.44. The Bertz CT molecular complexity index is 616. The first-order valence-corrected chi connectivity index (χ1v) is 8.66. The van der Waals surface area contributed by atoms with E-state index in [2.05, 4.69) is 5.32 Å². The highest BCUT2D eigenvalue weighted by molar-refractivity contribution is 5.86. The van der Waals surface area contributed by atoms with Crippen molar-refractivity contribution in [3.05, 3.63) is 24.5 Å². The van der Waals surface area contributed by atoms with E-state index >= 15 is 0 Å². The topological polar surface area (TPSA) is 83.9 Å². The van der Waals surface area contributed by atoms with Crippen LogP contribution in [0.3, 0.4) is 0 Å². The minimum Gasteiger partial charge on any atom is -0.377 e. The molecule has 2 fully saturated rings. The molecular formula is C17H24N4O4. The van der Waals surface area contributed by atoms with E-state index in [1.54, 1.807) is 9.80 Å². The molecule has 0 spiro atoms. The quantitative estimate of drug-likeness (QED) is 0.774. The molecule has 1 unspecified atom stereocenters. The van der Waals surface area contributed by atoms with Gasteiger partial charge in [0.1, 0.15) is 0 Å². The lowest BCUT2D eigenvalue weighted by Gasteiger charge is -2.37. The van der Waals surface area contributed by atoms with Gasteiger partial charge in [-0.2, -0.15) is 0 Å². The van der Waals surface area contributed by atoms with E-state index in [-0.39, 0.29) is 36.7 Å². The van der Waals surface area contributed by atoms with Crippen LogP contribution in [0.5, 0.6) is 0 Å². The zero-order valence-corrected chi connectivity index (χ0v) is 14.2. The number of amides is 3. The summed E-state index contributed by atoms with van der Waals surface area (Å²) in [7, 11) is 0. The van der Waals surface area contributed by atoms with Crippen LogP contribution >= 0.6 is 0 Å². The maximum Gasteiger partial charge on any atom is 0.239 e. The molecule has 2 aliphatic rings. The summed E-state index contributed by atoms with van der Waals surface area (Å²) in [4.78, 5) is 39.8. The predicted molar refractivity (Wildman–Crippen MR) is 89.6 cm³/mol. The second-order valence-corrected chi connectivity index (χ2v) is 6.36. The van der Waals surface area contributed by atoms with Gasteiger partial charge < -0.3 is 24.4 Å². The number of carbonyl (C=O) groups excluding carboxylic acids is 3. The standard InChI is InChI=1S/C17H24N4O4/c22-15-12-20(8-4-18-15)17(24)11-14-13-25-10-9-21(14)16(23)3-7-19-5-1-2-6-19/h1-2,5-6,14H,3-4,7-13H2,(H,18,22). The summed E-state index contributed by atoms with van der Waals surface area (Å²) in [5.41, 5.74) is 0. The van der Waals surface area contributed by atoms with Gasteiger partial charge in [0.05, 0.1) is 25.8 Å². The summed E-state index contributed by atoms with van der Waals surface area (Å²) in [5, 5.41) is 2.70. The molecule has 1 N–H and O–H groups in total. The molecule has 3 rings (SSSR count). The summed E-state index contributed by atoms with van der Waals surface area (Å²) in [6.45, 7) is 3.06. The number of carbonyl (C=O) groups is 3. The number of nitrogens with one attached hydrogen (secondary N) is 1. The average Bonchev–Trinajstić information content (AvgIpc) is 3.13. The van der Waals surface area contributed by atoms with E-state index in [4.69, 9.17) is 4.74 Å². The van der Waals surface area contributed by atoms with Crippen LogP contribution in [-0.2, 0) is 25.7 Å². The normalized spacial score (nSPS) is 21.1. The minimum atomic E-state index is -0.261. The molecule has 25 heavy (non-hydrogen) atoms. The molecule has 136 valence electrons. The van der Waals surface area contributed by atoms with Crippen LogP contribution < -0.4 is 5.32 Å². The number of hydrogen-bond donors (Lipinski definition) is 1. The molecule has 2 aliphatic heterocycles. The molecular weight excluding hydrogens is 324 g/mol. The second kappa shape index (κ2) is 8.15. The Labute approximate surface area is 146 Å². The highest BCUT2D eigenvalue weighted by atomic mass is 16.5. The Balaban J connectivity index is 1.55. The van der Waals surface area contributed by atoms with Crippen LogP contribution in [0, 0.1) is 0 Å². The summed E-state index contributed by atoms with van der Waals surface area (Å²) in [6, 6.07) is 3.59.